The number of hydrogen-bond donors (Lipinski definition) is 0. The van der Waals surface area contributed by atoms with E-state index in [2.05, 4.69) is 26.3 Å². The van der Waals surface area contributed by atoms with E-state index in [1.165, 1.54) is 0 Å². The molecule has 114 valence electrons. The van der Waals surface area contributed by atoms with Crippen molar-refractivity contribution < 1.29 is 35.1 Å². The quantitative estimate of drug-likeness (QED) is 0.352. The van der Waals surface area contributed by atoms with Crippen LogP contribution in [-0.2, 0) is 0 Å². The third-order valence-electron chi connectivity index (χ3n) is 2.47. The molecule has 0 fully saturated rings. The Kier molecular flexibility index (Phi) is 4.66. The van der Waals surface area contributed by atoms with Crippen molar-refractivity contribution in [2.45, 2.75) is 23.7 Å². The minimum absolute atomic E-state index is 0.505. The first-order valence-electron chi connectivity index (χ1n) is 4.86. The molecule has 0 amide bonds. The van der Waals surface area contributed by atoms with Gasteiger partial charge in [0.05, 0.1) is 0 Å². The summed E-state index contributed by atoms with van der Waals surface area (Å²) in [4.78, 5) is 0. The van der Waals surface area contributed by atoms with Crippen LogP contribution in [0.15, 0.2) is 49.6 Å². The van der Waals surface area contributed by atoms with Crippen LogP contribution in [0.3, 0.4) is 0 Å². The summed E-state index contributed by atoms with van der Waals surface area (Å²) in [6.07, 6.45) is -1.01. The van der Waals surface area contributed by atoms with E-state index in [-0.39, 0.29) is 0 Å². The number of allylic oxidation sites excluding steroid dienone is 4. The Balaban J connectivity index is 5.71. The van der Waals surface area contributed by atoms with Crippen LogP contribution in [0.4, 0.5) is 35.1 Å². The second-order valence-electron chi connectivity index (χ2n) is 3.76. The Hall–Kier alpha value is -1.60. The zero-order valence-electron chi connectivity index (χ0n) is 10.0. The van der Waals surface area contributed by atoms with Crippen LogP contribution in [0.25, 0.3) is 0 Å². The maximum absolute atomic E-state index is 13.3. The molecule has 0 saturated carbocycles. The first kappa shape index (κ1) is 18.4. The average molecular weight is 306 g/mol. The molecule has 0 nitrogen and oxygen atoms in total. The summed E-state index contributed by atoms with van der Waals surface area (Å²) in [6, 6.07) is 0. The van der Waals surface area contributed by atoms with Crippen molar-refractivity contribution >= 4 is 0 Å². The molecule has 0 aromatic heterocycles. The first-order chi connectivity index (χ1) is 8.69. The standard InChI is InChI=1S/C12H10F8/c1-5-9(13,14)11(17,18)7(3)8(4)12(19,20)10(15,16)6-2/h5-6H,1-4H2. The third kappa shape index (κ3) is 2.64. The molecule has 0 unspecified atom stereocenters. The molecule has 0 atom stereocenters. The van der Waals surface area contributed by atoms with E-state index >= 15 is 0 Å². The number of rotatable bonds is 7. The highest BCUT2D eigenvalue weighted by Gasteiger charge is 2.63. The van der Waals surface area contributed by atoms with Gasteiger partial charge in [-0.3, -0.25) is 0 Å². The van der Waals surface area contributed by atoms with E-state index in [1.807, 2.05) is 0 Å². The maximum Gasteiger partial charge on any atom is 0.338 e. The predicted octanol–water partition coefficient (Wildman–Crippen LogP) is 5.01. The molecule has 0 aliphatic rings. The smallest absolute Gasteiger partial charge is 0.195 e. The van der Waals surface area contributed by atoms with Crippen LogP contribution >= 0.6 is 0 Å². The van der Waals surface area contributed by atoms with E-state index < -0.39 is 47.0 Å². The van der Waals surface area contributed by atoms with E-state index in [0.29, 0.717) is 0 Å². The highest BCUT2D eigenvalue weighted by molar-refractivity contribution is 5.42. The van der Waals surface area contributed by atoms with Gasteiger partial charge in [0.25, 0.3) is 0 Å². The van der Waals surface area contributed by atoms with Crippen LogP contribution in [0.2, 0.25) is 0 Å². The maximum atomic E-state index is 13.3. The Bertz CT molecular complexity index is 402. The highest BCUT2D eigenvalue weighted by atomic mass is 19.3. The minimum Gasteiger partial charge on any atom is -0.195 e. The highest BCUT2D eigenvalue weighted by Crippen LogP contribution is 2.49. The van der Waals surface area contributed by atoms with Gasteiger partial charge < -0.3 is 0 Å². The lowest BCUT2D eigenvalue weighted by molar-refractivity contribution is -0.170. The van der Waals surface area contributed by atoms with Gasteiger partial charge in [-0.1, -0.05) is 26.3 Å². The fourth-order valence-electron chi connectivity index (χ4n) is 1.04. The monoisotopic (exact) mass is 306 g/mol. The normalized spacial score (nSPS) is 13.8. The fourth-order valence-corrected chi connectivity index (χ4v) is 1.04. The van der Waals surface area contributed by atoms with E-state index in [9.17, 15) is 35.1 Å². The molecule has 0 spiro atoms. The zero-order valence-corrected chi connectivity index (χ0v) is 10.0. The number of alkyl halides is 8. The Labute approximate surface area is 109 Å². The van der Waals surface area contributed by atoms with Crippen molar-refractivity contribution in [3.63, 3.8) is 0 Å². The molecule has 20 heavy (non-hydrogen) atoms. The van der Waals surface area contributed by atoms with Gasteiger partial charge in [0.1, 0.15) is 0 Å². The van der Waals surface area contributed by atoms with Gasteiger partial charge in [0.15, 0.2) is 0 Å². The van der Waals surface area contributed by atoms with Gasteiger partial charge in [0, 0.05) is 11.1 Å². The van der Waals surface area contributed by atoms with Crippen molar-refractivity contribution in [2.75, 3.05) is 0 Å². The SMILES string of the molecule is C=CC(F)(F)C(F)(F)C(=C)C(=C)C(F)(F)C(F)(F)C=C. The predicted molar refractivity (Wildman–Crippen MR) is 58.5 cm³/mol. The molecule has 0 N–H and O–H groups in total. The van der Waals surface area contributed by atoms with Crippen molar-refractivity contribution in [3.8, 4) is 0 Å². The summed E-state index contributed by atoms with van der Waals surface area (Å²) in [5.74, 6) is -20.4. The molecule has 0 radical (unpaired) electrons. The summed E-state index contributed by atoms with van der Waals surface area (Å²) in [5.41, 5.74) is -4.43. The minimum atomic E-state index is -5.24. The largest absolute Gasteiger partial charge is 0.338 e. The van der Waals surface area contributed by atoms with Crippen LogP contribution in [0.1, 0.15) is 0 Å². The van der Waals surface area contributed by atoms with Crippen LogP contribution in [0.5, 0.6) is 0 Å². The summed E-state index contributed by atoms with van der Waals surface area (Å²) in [5, 5.41) is 0. The summed E-state index contributed by atoms with van der Waals surface area (Å²) < 4.78 is 105. The molecule has 0 saturated heterocycles. The fraction of sp³-hybridized carbons (Fsp3) is 0.333. The topological polar surface area (TPSA) is 0 Å². The molecule has 0 heterocycles. The molecule has 0 aliphatic heterocycles. The summed E-state index contributed by atoms with van der Waals surface area (Å²) in [7, 11) is 0. The molecule has 0 aliphatic carbocycles. The second-order valence-corrected chi connectivity index (χ2v) is 3.76. The lowest BCUT2D eigenvalue weighted by Gasteiger charge is -2.31. The average Bonchev–Trinajstić information content (AvgIpc) is 2.35. The molecule has 8 heteroatoms. The summed E-state index contributed by atoms with van der Waals surface area (Å²) >= 11 is 0. The van der Waals surface area contributed by atoms with Gasteiger partial charge in [-0.2, -0.15) is 35.1 Å². The van der Waals surface area contributed by atoms with Crippen LogP contribution < -0.4 is 0 Å². The van der Waals surface area contributed by atoms with E-state index in [4.69, 9.17) is 0 Å². The van der Waals surface area contributed by atoms with Gasteiger partial charge in [0.2, 0.25) is 0 Å². The zero-order chi connectivity index (χ0) is 16.6. The molecular weight excluding hydrogens is 296 g/mol. The molecule has 0 bridgehead atoms. The van der Waals surface area contributed by atoms with Crippen LogP contribution in [0, 0.1) is 0 Å². The van der Waals surface area contributed by atoms with Gasteiger partial charge >= 0.3 is 23.7 Å². The lowest BCUT2D eigenvalue weighted by Crippen LogP contribution is -2.46. The van der Waals surface area contributed by atoms with Crippen molar-refractivity contribution in [1.82, 2.24) is 0 Å². The second kappa shape index (κ2) is 5.06. The summed E-state index contributed by atoms with van der Waals surface area (Å²) in [6.45, 7) is 9.49. The number of halogens is 8. The first-order valence-corrected chi connectivity index (χ1v) is 4.86. The van der Waals surface area contributed by atoms with Crippen molar-refractivity contribution in [2.24, 2.45) is 0 Å². The van der Waals surface area contributed by atoms with Gasteiger partial charge in [-0.15, -0.1) is 0 Å². The van der Waals surface area contributed by atoms with Crippen molar-refractivity contribution in [1.29, 1.82) is 0 Å². The van der Waals surface area contributed by atoms with Gasteiger partial charge in [-0.25, -0.2) is 0 Å². The van der Waals surface area contributed by atoms with Gasteiger partial charge in [-0.05, 0) is 12.2 Å². The van der Waals surface area contributed by atoms with Crippen molar-refractivity contribution in [3.05, 3.63) is 49.6 Å². The lowest BCUT2D eigenvalue weighted by atomic mass is 9.90. The molecule has 0 aromatic rings. The molecule has 0 rings (SSSR count). The number of hydrogen-bond acceptors (Lipinski definition) is 0. The Morgan fingerprint density at radius 1 is 0.600 bits per heavy atom. The van der Waals surface area contributed by atoms with E-state index in [0.717, 1.165) is 0 Å². The molecule has 0 aromatic carbocycles. The Morgan fingerprint density at radius 2 is 0.800 bits per heavy atom. The van der Waals surface area contributed by atoms with Crippen LogP contribution in [-0.4, -0.2) is 23.7 Å². The third-order valence-corrected chi connectivity index (χ3v) is 2.47. The molecular formula is C12H10F8. The Morgan fingerprint density at radius 3 is 0.950 bits per heavy atom. The van der Waals surface area contributed by atoms with E-state index in [1.54, 1.807) is 0 Å².